The smallest absolute Gasteiger partial charge is 0.319 e. The lowest BCUT2D eigenvalue weighted by molar-refractivity contribution is -0.0411. The molecular formula is C16H24FN3O2. The van der Waals surface area contributed by atoms with Gasteiger partial charge in [0, 0.05) is 31.4 Å². The normalized spacial score (nSPS) is 19.2. The fourth-order valence-electron chi connectivity index (χ4n) is 2.44. The second-order valence-electron chi connectivity index (χ2n) is 5.76. The molecule has 0 bridgehead atoms. The number of amides is 2. The van der Waals surface area contributed by atoms with Crippen LogP contribution in [-0.4, -0.2) is 49.3 Å². The van der Waals surface area contributed by atoms with E-state index in [0.717, 1.165) is 26.1 Å². The fraction of sp³-hybridized carbons (Fsp3) is 0.562. The minimum atomic E-state index is -0.324. The van der Waals surface area contributed by atoms with Crippen LogP contribution < -0.4 is 10.6 Å². The van der Waals surface area contributed by atoms with Crippen molar-refractivity contribution in [3.63, 3.8) is 0 Å². The molecule has 5 nitrogen and oxygen atoms in total. The standard InChI is InChI=1S/C16H24FN3O2/c1-12(2)20-9-10-22-15(11-20)7-8-18-16(21)19-14-5-3-13(17)4-6-14/h3-6,12,15H,7-11H2,1-2H3,(H2,18,19,21)/t15-/m0/s1. The molecule has 2 amide bonds. The Hall–Kier alpha value is -1.66. The van der Waals surface area contributed by atoms with E-state index < -0.39 is 0 Å². The van der Waals surface area contributed by atoms with Gasteiger partial charge in [-0.05, 0) is 44.5 Å². The van der Waals surface area contributed by atoms with E-state index in [1.807, 2.05) is 0 Å². The Morgan fingerprint density at radius 2 is 2.14 bits per heavy atom. The number of nitrogens with one attached hydrogen (secondary N) is 2. The van der Waals surface area contributed by atoms with Crippen molar-refractivity contribution in [3.05, 3.63) is 30.1 Å². The second-order valence-corrected chi connectivity index (χ2v) is 5.76. The molecule has 6 heteroatoms. The monoisotopic (exact) mass is 309 g/mol. The van der Waals surface area contributed by atoms with Crippen LogP contribution in [0.25, 0.3) is 0 Å². The Morgan fingerprint density at radius 1 is 1.41 bits per heavy atom. The largest absolute Gasteiger partial charge is 0.375 e. The SMILES string of the molecule is CC(C)N1CCO[C@@H](CCNC(=O)Nc2ccc(F)cc2)C1. The van der Waals surface area contributed by atoms with Crippen molar-refractivity contribution in [3.8, 4) is 0 Å². The number of hydrogen-bond donors (Lipinski definition) is 2. The molecule has 2 N–H and O–H groups in total. The maximum Gasteiger partial charge on any atom is 0.319 e. The molecule has 22 heavy (non-hydrogen) atoms. The number of halogens is 1. The van der Waals surface area contributed by atoms with Crippen LogP contribution in [0.5, 0.6) is 0 Å². The highest BCUT2D eigenvalue weighted by Gasteiger charge is 2.21. The van der Waals surface area contributed by atoms with Gasteiger partial charge in [0.15, 0.2) is 0 Å². The van der Waals surface area contributed by atoms with E-state index in [2.05, 4.69) is 29.4 Å². The molecule has 1 saturated heterocycles. The van der Waals surface area contributed by atoms with Crippen molar-refractivity contribution in [1.82, 2.24) is 10.2 Å². The third-order valence-electron chi connectivity index (χ3n) is 3.75. The molecule has 0 spiro atoms. The molecule has 122 valence electrons. The quantitative estimate of drug-likeness (QED) is 0.878. The van der Waals surface area contributed by atoms with Crippen LogP contribution >= 0.6 is 0 Å². The Balaban J connectivity index is 1.67. The van der Waals surface area contributed by atoms with Gasteiger partial charge in [-0.15, -0.1) is 0 Å². The summed E-state index contributed by atoms with van der Waals surface area (Å²) in [6, 6.07) is 5.90. The first kappa shape index (κ1) is 16.7. The van der Waals surface area contributed by atoms with Crippen LogP contribution in [0.1, 0.15) is 20.3 Å². The van der Waals surface area contributed by atoms with Crippen LogP contribution in [-0.2, 0) is 4.74 Å². The van der Waals surface area contributed by atoms with Crippen LogP contribution in [0.3, 0.4) is 0 Å². The number of morpholine rings is 1. The molecule has 1 fully saturated rings. The summed E-state index contributed by atoms with van der Waals surface area (Å²) in [5.74, 6) is -0.324. The van der Waals surface area contributed by atoms with Gasteiger partial charge < -0.3 is 15.4 Å². The zero-order chi connectivity index (χ0) is 15.9. The van der Waals surface area contributed by atoms with Gasteiger partial charge in [0.25, 0.3) is 0 Å². The Kier molecular flexibility index (Phi) is 6.15. The van der Waals surface area contributed by atoms with E-state index in [9.17, 15) is 9.18 Å². The molecule has 0 radical (unpaired) electrons. The topological polar surface area (TPSA) is 53.6 Å². The van der Waals surface area contributed by atoms with Crippen LogP contribution in [0, 0.1) is 5.82 Å². The first-order valence-corrected chi connectivity index (χ1v) is 7.70. The number of carbonyl (C=O) groups excluding carboxylic acids is 1. The Morgan fingerprint density at radius 3 is 2.82 bits per heavy atom. The van der Waals surface area contributed by atoms with E-state index >= 15 is 0 Å². The number of carbonyl (C=O) groups is 1. The number of rotatable bonds is 5. The molecular weight excluding hydrogens is 285 g/mol. The second kappa shape index (κ2) is 8.10. The van der Waals surface area contributed by atoms with Gasteiger partial charge in [-0.25, -0.2) is 9.18 Å². The zero-order valence-electron chi connectivity index (χ0n) is 13.1. The van der Waals surface area contributed by atoms with E-state index in [4.69, 9.17) is 4.74 Å². The van der Waals surface area contributed by atoms with Gasteiger partial charge in [-0.2, -0.15) is 0 Å². The zero-order valence-corrected chi connectivity index (χ0v) is 13.1. The molecule has 0 unspecified atom stereocenters. The van der Waals surface area contributed by atoms with E-state index in [1.54, 1.807) is 0 Å². The summed E-state index contributed by atoms with van der Waals surface area (Å²) >= 11 is 0. The summed E-state index contributed by atoms with van der Waals surface area (Å²) < 4.78 is 18.5. The van der Waals surface area contributed by atoms with E-state index in [0.29, 0.717) is 18.3 Å². The number of nitrogens with zero attached hydrogens (tertiary/aromatic N) is 1. The van der Waals surface area contributed by atoms with Gasteiger partial charge >= 0.3 is 6.03 Å². The molecule has 1 heterocycles. The van der Waals surface area contributed by atoms with Crippen LogP contribution in [0.2, 0.25) is 0 Å². The van der Waals surface area contributed by atoms with Crippen molar-refractivity contribution < 1.29 is 13.9 Å². The molecule has 0 saturated carbocycles. The molecule has 1 aliphatic heterocycles. The number of urea groups is 1. The van der Waals surface area contributed by atoms with Crippen LogP contribution in [0.4, 0.5) is 14.9 Å². The van der Waals surface area contributed by atoms with E-state index in [-0.39, 0.29) is 18.0 Å². The maximum absolute atomic E-state index is 12.8. The van der Waals surface area contributed by atoms with Crippen molar-refractivity contribution in [2.45, 2.75) is 32.4 Å². The third-order valence-corrected chi connectivity index (χ3v) is 3.75. The summed E-state index contributed by atoms with van der Waals surface area (Å²) in [5.41, 5.74) is 0.568. The fourth-order valence-corrected chi connectivity index (χ4v) is 2.44. The molecule has 0 aromatic heterocycles. The highest BCUT2D eigenvalue weighted by molar-refractivity contribution is 5.89. The van der Waals surface area contributed by atoms with Crippen LogP contribution in [0.15, 0.2) is 24.3 Å². The minimum Gasteiger partial charge on any atom is -0.375 e. The van der Waals surface area contributed by atoms with Gasteiger partial charge in [0.1, 0.15) is 5.82 Å². The number of hydrogen-bond acceptors (Lipinski definition) is 3. The van der Waals surface area contributed by atoms with Crippen molar-refractivity contribution in [2.24, 2.45) is 0 Å². The van der Waals surface area contributed by atoms with E-state index in [1.165, 1.54) is 24.3 Å². The first-order valence-electron chi connectivity index (χ1n) is 7.70. The van der Waals surface area contributed by atoms with Gasteiger partial charge in [0.2, 0.25) is 0 Å². The predicted octanol–water partition coefficient (Wildman–Crippen LogP) is 2.45. The molecule has 2 rings (SSSR count). The maximum atomic E-state index is 12.8. The van der Waals surface area contributed by atoms with Gasteiger partial charge in [0.05, 0.1) is 12.7 Å². The molecule has 1 aliphatic rings. The molecule has 0 aliphatic carbocycles. The third kappa shape index (κ3) is 5.27. The summed E-state index contributed by atoms with van der Waals surface area (Å²) in [6.07, 6.45) is 0.933. The van der Waals surface area contributed by atoms with Gasteiger partial charge in [-0.1, -0.05) is 0 Å². The number of benzene rings is 1. The number of ether oxygens (including phenoxy) is 1. The Bertz CT molecular complexity index is 479. The number of anilines is 1. The van der Waals surface area contributed by atoms with Gasteiger partial charge in [-0.3, -0.25) is 4.90 Å². The molecule has 1 aromatic carbocycles. The lowest BCUT2D eigenvalue weighted by Crippen LogP contribution is -2.46. The Labute approximate surface area is 130 Å². The summed E-state index contributed by atoms with van der Waals surface area (Å²) in [6.45, 7) is 7.51. The van der Waals surface area contributed by atoms with Crippen molar-refractivity contribution >= 4 is 11.7 Å². The molecule has 1 atom stereocenters. The average molecular weight is 309 g/mol. The minimum absolute atomic E-state index is 0.155. The summed E-state index contributed by atoms with van der Waals surface area (Å²) in [5, 5.41) is 5.46. The summed E-state index contributed by atoms with van der Waals surface area (Å²) in [4.78, 5) is 14.1. The first-order chi connectivity index (χ1) is 10.5. The highest BCUT2D eigenvalue weighted by Crippen LogP contribution is 2.11. The van der Waals surface area contributed by atoms with Crippen molar-refractivity contribution in [2.75, 3.05) is 31.6 Å². The summed E-state index contributed by atoms with van der Waals surface area (Å²) in [7, 11) is 0. The highest BCUT2D eigenvalue weighted by atomic mass is 19.1. The molecule has 1 aromatic rings. The predicted molar refractivity (Wildman–Crippen MR) is 84.5 cm³/mol. The van der Waals surface area contributed by atoms with Crippen molar-refractivity contribution in [1.29, 1.82) is 0 Å². The average Bonchev–Trinajstić information content (AvgIpc) is 2.50. The lowest BCUT2D eigenvalue weighted by Gasteiger charge is -2.35. The lowest BCUT2D eigenvalue weighted by atomic mass is 10.2.